The minimum atomic E-state index is 0.0505. The predicted molar refractivity (Wildman–Crippen MR) is 47.5 cm³/mol. The lowest BCUT2D eigenvalue weighted by Crippen LogP contribution is -2.38. The topological polar surface area (TPSA) is 26.0 Å². The first-order valence-electron chi connectivity index (χ1n) is 4.03. The highest BCUT2D eigenvalue weighted by atomic mass is 35.5. The second-order valence-electron chi connectivity index (χ2n) is 2.86. The average molecular weight is 164 g/mol. The second kappa shape index (κ2) is 4.97. The van der Waals surface area contributed by atoms with E-state index in [1.54, 1.807) is 0 Å². The van der Waals surface area contributed by atoms with Crippen LogP contribution in [0, 0.1) is 0 Å². The van der Waals surface area contributed by atoms with Gasteiger partial charge in [-0.1, -0.05) is 13.8 Å². The average Bonchev–Trinajstić information content (AvgIpc) is 2.00. The van der Waals surface area contributed by atoms with Crippen molar-refractivity contribution in [3.63, 3.8) is 0 Å². The number of nitrogens with two attached hydrogens (primary N) is 1. The predicted octanol–water partition coefficient (Wildman–Crippen LogP) is 2.52. The maximum Gasteiger partial charge on any atom is 0.0224 e. The Morgan fingerprint density at radius 2 is 1.80 bits per heavy atom. The van der Waals surface area contributed by atoms with E-state index in [0.717, 1.165) is 31.6 Å². The number of halogens is 1. The lowest BCUT2D eigenvalue weighted by Gasteiger charge is -2.25. The van der Waals surface area contributed by atoms with Gasteiger partial charge in [0.25, 0.3) is 0 Å². The fourth-order valence-corrected chi connectivity index (χ4v) is 1.16. The molecule has 0 aliphatic rings. The zero-order valence-corrected chi connectivity index (χ0v) is 7.75. The van der Waals surface area contributed by atoms with Crippen LogP contribution < -0.4 is 5.73 Å². The molecule has 0 heterocycles. The van der Waals surface area contributed by atoms with Gasteiger partial charge < -0.3 is 5.73 Å². The molecule has 0 radical (unpaired) electrons. The van der Waals surface area contributed by atoms with Gasteiger partial charge >= 0.3 is 0 Å². The third-order valence-electron chi connectivity index (χ3n) is 2.22. The van der Waals surface area contributed by atoms with Crippen LogP contribution in [0.25, 0.3) is 0 Å². The van der Waals surface area contributed by atoms with Gasteiger partial charge in [0.15, 0.2) is 0 Å². The van der Waals surface area contributed by atoms with E-state index < -0.39 is 0 Å². The molecule has 0 rings (SSSR count). The van der Waals surface area contributed by atoms with Crippen molar-refractivity contribution in [3.8, 4) is 0 Å². The Balaban J connectivity index is 3.58. The van der Waals surface area contributed by atoms with Gasteiger partial charge in [-0.25, -0.2) is 0 Å². The maximum atomic E-state index is 6.02. The van der Waals surface area contributed by atoms with Crippen molar-refractivity contribution in [2.45, 2.75) is 45.1 Å². The van der Waals surface area contributed by atoms with Crippen molar-refractivity contribution in [1.29, 1.82) is 0 Å². The molecular weight excluding hydrogens is 146 g/mol. The summed E-state index contributed by atoms with van der Waals surface area (Å²) in [6.45, 7) is 4.27. The number of hydrogen-bond donors (Lipinski definition) is 1. The van der Waals surface area contributed by atoms with E-state index in [9.17, 15) is 0 Å². The largest absolute Gasteiger partial charge is 0.325 e. The number of alkyl halides is 1. The minimum Gasteiger partial charge on any atom is -0.325 e. The summed E-state index contributed by atoms with van der Waals surface area (Å²) in [4.78, 5) is 0. The van der Waals surface area contributed by atoms with Crippen molar-refractivity contribution in [1.82, 2.24) is 0 Å². The molecule has 0 saturated carbocycles. The van der Waals surface area contributed by atoms with Gasteiger partial charge in [-0.2, -0.15) is 0 Å². The SMILES string of the molecule is CCC(N)(CC)CCCCl. The zero-order chi connectivity index (χ0) is 8.04. The summed E-state index contributed by atoms with van der Waals surface area (Å²) in [7, 11) is 0. The monoisotopic (exact) mass is 163 g/mol. The van der Waals surface area contributed by atoms with Crippen LogP contribution in [-0.4, -0.2) is 11.4 Å². The highest BCUT2D eigenvalue weighted by molar-refractivity contribution is 6.17. The molecule has 2 N–H and O–H groups in total. The first kappa shape index (κ1) is 10.2. The van der Waals surface area contributed by atoms with E-state index in [4.69, 9.17) is 17.3 Å². The van der Waals surface area contributed by atoms with E-state index >= 15 is 0 Å². The Kier molecular flexibility index (Phi) is 5.10. The zero-order valence-electron chi connectivity index (χ0n) is 6.99. The van der Waals surface area contributed by atoms with E-state index in [0.29, 0.717) is 0 Å². The van der Waals surface area contributed by atoms with Gasteiger partial charge in [0.1, 0.15) is 0 Å². The number of rotatable bonds is 5. The summed E-state index contributed by atoms with van der Waals surface area (Å²) in [6, 6.07) is 0. The van der Waals surface area contributed by atoms with Crippen molar-refractivity contribution in [2.24, 2.45) is 5.73 Å². The van der Waals surface area contributed by atoms with Crippen LogP contribution >= 0.6 is 11.6 Å². The standard InChI is InChI=1S/C8H18ClN/c1-3-8(10,4-2)6-5-7-9/h3-7,10H2,1-2H3. The quantitative estimate of drug-likeness (QED) is 0.620. The van der Waals surface area contributed by atoms with Gasteiger partial charge in [0, 0.05) is 11.4 Å². The summed E-state index contributed by atoms with van der Waals surface area (Å²) < 4.78 is 0. The Morgan fingerprint density at radius 3 is 2.10 bits per heavy atom. The Morgan fingerprint density at radius 1 is 1.30 bits per heavy atom. The van der Waals surface area contributed by atoms with Gasteiger partial charge in [-0.15, -0.1) is 11.6 Å². The molecule has 1 nitrogen and oxygen atoms in total. The van der Waals surface area contributed by atoms with Gasteiger partial charge in [0.05, 0.1) is 0 Å². The van der Waals surface area contributed by atoms with E-state index in [-0.39, 0.29) is 5.54 Å². The van der Waals surface area contributed by atoms with Crippen molar-refractivity contribution >= 4 is 11.6 Å². The van der Waals surface area contributed by atoms with E-state index in [1.807, 2.05) is 0 Å². The van der Waals surface area contributed by atoms with Gasteiger partial charge in [-0.3, -0.25) is 0 Å². The van der Waals surface area contributed by atoms with Crippen LogP contribution in [0.1, 0.15) is 39.5 Å². The normalized spacial score (nSPS) is 12.0. The van der Waals surface area contributed by atoms with Crippen molar-refractivity contribution in [3.05, 3.63) is 0 Å². The first-order chi connectivity index (χ1) is 4.68. The molecule has 0 unspecified atom stereocenters. The summed E-state index contributed by atoms with van der Waals surface area (Å²) >= 11 is 5.57. The number of hydrogen-bond acceptors (Lipinski definition) is 1. The third kappa shape index (κ3) is 3.43. The molecule has 0 aromatic carbocycles. The fraction of sp³-hybridized carbons (Fsp3) is 1.00. The van der Waals surface area contributed by atoms with Gasteiger partial charge in [-0.05, 0) is 25.7 Å². The second-order valence-corrected chi connectivity index (χ2v) is 3.24. The lowest BCUT2D eigenvalue weighted by atomic mass is 9.89. The maximum absolute atomic E-state index is 6.02. The molecule has 2 heteroatoms. The smallest absolute Gasteiger partial charge is 0.0224 e. The van der Waals surface area contributed by atoms with Crippen molar-refractivity contribution < 1.29 is 0 Å². The molecule has 0 amide bonds. The minimum absolute atomic E-state index is 0.0505. The Hall–Kier alpha value is 0.250. The molecule has 0 aliphatic heterocycles. The Bertz CT molecular complexity index is 79.3. The molecular formula is C8H18ClN. The molecule has 0 bridgehead atoms. The van der Waals surface area contributed by atoms with Crippen LogP contribution in [0.4, 0.5) is 0 Å². The fourth-order valence-electron chi connectivity index (χ4n) is 1.02. The first-order valence-corrected chi connectivity index (χ1v) is 4.57. The van der Waals surface area contributed by atoms with Crippen LogP contribution in [0.15, 0.2) is 0 Å². The highest BCUT2D eigenvalue weighted by Crippen LogP contribution is 2.17. The lowest BCUT2D eigenvalue weighted by molar-refractivity contribution is 0.364. The molecule has 0 atom stereocenters. The molecule has 0 aromatic rings. The molecule has 10 heavy (non-hydrogen) atoms. The van der Waals surface area contributed by atoms with Crippen molar-refractivity contribution in [2.75, 3.05) is 5.88 Å². The molecule has 0 spiro atoms. The summed E-state index contributed by atoms with van der Waals surface area (Å²) in [5.41, 5.74) is 6.07. The van der Waals surface area contributed by atoms with Gasteiger partial charge in [0.2, 0.25) is 0 Å². The van der Waals surface area contributed by atoms with Crippen LogP contribution in [0.2, 0.25) is 0 Å². The summed E-state index contributed by atoms with van der Waals surface area (Å²) in [5.74, 6) is 0.735. The molecule has 0 aliphatic carbocycles. The van der Waals surface area contributed by atoms with E-state index in [2.05, 4.69) is 13.8 Å². The molecule has 0 saturated heterocycles. The molecule has 0 fully saturated rings. The molecule has 62 valence electrons. The van der Waals surface area contributed by atoms with Crippen LogP contribution in [0.5, 0.6) is 0 Å². The summed E-state index contributed by atoms with van der Waals surface area (Å²) in [5, 5.41) is 0. The van der Waals surface area contributed by atoms with Crippen LogP contribution in [-0.2, 0) is 0 Å². The summed E-state index contributed by atoms with van der Waals surface area (Å²) in [6.07, 6.45) is 4.21. The highest BCUT2D eigenvalue weighted by Gasteiger charge is 2.18. The third-order valence-corrected chi connectivity index (χ3v) is 2.48. The Labute approximate surface area is 68.9 Å². The molecule has 0 aromatic heterocycles. The van der Waals surface area contributed by atoms with E-state index in [1.165, 1.54) is 0 Å². The van der Waals surface area contributed by atoms with Crippen LogP contribution in [0.3, 0.4) is 0 Å².